The van der Waals surface area contributed by atoms with E-state index in [1.807, 2.05) is 0 Å². The molecule has 17 heavy (non-hydrogen) atoms. The minimum absolute atomic E-state index is 0.135. The third-order valence-corrected chi connectivity index (χ3v) is 3.00. The molecule has 0 saturated carbocycles. The van der Waals surface area contributed by atoms with E-state index in [1.54, 1.807) is 0 Å². The highest BCUT2D eigenvalue weighted by atomic mass is 16.4. The highest BCUT2D eigenvalue weighted by Gasteiger charge is 2.25. The van der Waals surface area contributed by atoms with E-state index < -0.39 is 5.97 Å². The van der Waals surface area contributed by atoms with Crippen molar-refractivity contribution in [1.82, 2.24) is 0 Å². The van der Waals surface area contributed by atoms with E-state index in [9.17, 15) is 4.79 Å². The maximum atomic E-state index is 10.9. The number of carbonyl (C=O) groups is 1. The standard InChI is InChI=1S/C13H20N2O2/c1-4-5-13(2,3)11-9(14)6-8(12(16)17)7-10(11)15/h6-7H,4-5,14-15H2,1-3H3,(H,16,17). The van der Waals surface area contributed by atoms with E-state index in [-0.39, 0.29) is 11.0 Å². The number of hydrogen-bond acceptors (Lipinski definition) is 3. The second-order valence-corrected chi connectivity index (χ2v) is 4.97. The lowest BCUT2D eigenvalue weighted by atomic mass is 9.78. The van der Waals surface area contributed by atoms with Crippen molar-refractivity contribution < 1.29 is 9.90 Å². The van der Waals surface area contributed by atoms with Gasteiger partial charge >= 0.3 is 5.97 Å². The van der Waals surface area contributed by atoms with Crippen LogP contribution in [-0.4, -0.2) is 11.1 Å². The Bertz CT molecular complexity index is 416. The normalized spacial score (nSPS) is 11.5. The Kier molecular flexibility index (Phi) is 3.66. The van der Waals surface area contributed by atoms with Crippen LogP contribution in [0, 0.1) is 0 Å². The van der Waals surface area contributed by atoms with Gasteiger partial charge in [0.05, 0.1) is 5.56 Å². The fourth-order valence-corrected chi connectivity index (χ4v) is 2.34. The van der Waals surface area contributed by atoms with Gasteiger partial charge in [0.2, 0.25) is 0 Å². The molecule has 0 heterocycles. The lowest BCUT2D eigenvalue weighted by Gasteiger charge is -2.28. The molecule has 0 unspecified atom stereocenters. The summed E-state index contributed by atoms with van der Waals surface area (Å²) >= 11 is 0. The van der Waals surface area contributed by atoms with Crippen molar-refractivity contribution in [1.29, 1.82) is 0 Å². The summed E-state index contributed by atoms with van der Waals surface area (Å²) in [7, 11) is 0. The quantitative estimate of drug-likeness (QED) is 0.701. The summed E-state index contributed by atoms with van der Waals surface area (Å²) in [5.41, 5.74) is 13.6. The van der Waals surface area contributed by atoms with Crippen LogP contribution < -0.4 is 11.5 Å². The molecule has 0 fully saturated rings. The van der Waals surface area contributed by atoms with E-state index in [4.69, 9.17) is 16.6 Å². The van der Waals surface area contributed by atoms with E-state index in [0.717, 1.165) is 18.4 Å². The number of rotatable bonds is 4. The van der Waals surface area contributed by atoms with Crippen molar-refractivity contribution in [2.24, 2.45) is 0 Å². The SMILES string of the molecule is CCCC(C)(C)c1c(N)cc(C(=O)O)cc1N. The number of hydrogen-bond donors (Lipinski definition) is 3. The van der Waals surface area contributed by atoms with Crippen LogP contribution in [0.3, 0.4) is 0 Å². The molecule has 4 nitrogen and oxygen atoms in total. The number of anilines is 2. The van der Waals surface area contributed by atoms with Gasteiger partial charge in [-0.1, -0.05) is 27.2 Å². The summed E-state index contributed by atoms with van der Waals surface area (Å²) < 4.78 is 0. The van der Waals surface area contributed by atoms with Crippen LogP contribution in [0.1, 0.15) is 49.5 Å². The summed E-state index contributed by atoms with van der Waals surface area (Å²) in [6.07, 6.45) is 1.97. The smallest absolute Gasteiger partial charge is 0.335 e. The first kappa shape index (κ1) is 13.4. The summed E-state index contributed by atoms with van der Waals surface area (Å²) in [5, 5.41) is 8.92. The molecule has 0 atom stereocenters. The van der Waals surface area contributed by atoms with Crippen LogP contribution in [0.4, 0.5) is 11.4 Å². The summed E-state index contributed by atoms with van der Waals surface area (Å²) in [6, 6.07) is 2.96. The van der Waals surface area contributed by atoms with E-state index in [2.05, 4.69) is 20.8 Å². The number of aromatic carboxylic acids is 1. The molecule has 0 aromatic heterocycles. The van der Waals surface area contributed by atoms with Gasteiger partial charge in [-0.3, -0.25) is 0 Å². The highest BCUT2D eigenvalue weighted by molar-refractivity contribution is 5.91. The molecule has 0 radical (unpaired) electrons. The van der Waals surface area contributed by atoms with Crippen molar-refractivity contribution in [2.45, 2.75) is 39.0 Å². The van der Waals surface area contributed by atoms with Crippen molar-refractivity contribution in [3.05, 3.63) is 23.3 Å². The minimum atomic E-state index is -1.01. The van der Waals surface area contributed by atoms with Crippen molar-refractivity contribution in [3.63, 3.8) is 0 Å². The first-order valence-corrected chi connectivity index (χ1v) is 5.72. The Hall–Kier alpha value is -1.71. The third-order valence-electron chi connectivity index (χ3n) is 3.00. The number of carboxylic acids is 1. The van der Waals surface area contributed by atoms with E-state index in [0.29, 0.717) is 11.4 Å². The fourth-order valence-electron chi connectivity index (χ4n) is 2.34. The van der Waals surface area contributed by atoms with Gasteiger partial charge in [0, 0.05) is 16.9 Å². The maximum absolute atomic E-state index is 10.9. The summed E-state index contributed by atoms with van der Waals surface area (Å²) in [4.78, 5) is 10.9. The first-order chi connectivity index (χ1) is 7.79. The molecule has 0 aliphatic heterocycles. The van der Waals surface area contributed by atoms with Crippen LogP contribution in [-0.2, 0) is 5.41 Å². The molecule has 0 saturated heterocycles. The lowest BCUT2D eigenvalue weighted by Crippen LogP contribution is -2.21. The Morgan fingerprint density at radius 2 is 1.76 bits per heavy atom. The zero-order valence-corrected chi connectivity index (χ0v) is 10.6. The lowest BCUT2D eigenvalue weighted by molar-refractivity contribution is 0.0697. The molecule has 0 aliphatic carbocycles. The van der Waals surface area contributed by atoms with Gasteiger partial charge in [0.25, 0.3) is 0 Å². The molecule has 0 aliphatic rings. The number of benzene rings is 1. The van der Waals surface area contributed by atoms with Crippen LogP contribution in [0.15, 0.2) is 12.1 Å². The molecule has 0 bridgehead atoms. The average molecular weight is 236 g/mol. The van der Waals surface area contributed by atoms with Gasteiger partial charge in [-0.25, -0.2) is 4.79 Å². The Morgan fingerprint density at radius 1 is 1.29 bits per heavy atom. The largest absolute Gasteiger partial charge is 0.478 e. The van der Waals surface area contributed by atoms with Gasteiger partial charge in [0.1, 0.15) is 0 Å². The molecule has 5 N–H and O–H groups in total. The van der Waals surface area contributed by atoms with Gasteiger partial charge in [-0.15, -0.1) is 0 Å². The monoisotopic (exact) mass is 236 g/mol. The number of carboxylic acid groups (broad SMARTS) is 1. The average Bonchev–Trinajstić information content (AvgIpc) is 2.15. The molecule has 0 spiro atoms. The molecule has 94 valence electrons. The number of nitrogens with two attached hydrogens (primary N) is 2. The first-order valence-electron chi connectivity index (χ1n) is 5.72. The van der Waals surface area contributed by atoms with Crippen molar-refractivity contribution in [2.75, 3.05) is 11.5 Å². The Labute approximate surface area is 102 Å². The predicted octanol–water partition coefficient (Wildman–Crippen LogP) is 2.63. The van der Waals surface area contributed by atoms with Gasteiger partial charge in [-0.2, -0.15) is 0 Å². The van der Waals surface area contributed by atoms with Gasteiger partial charge in [0.15, 0.2) is 0 Å². The van der Waals surface area contributed by atoms with E-state index in [1.165, 1.54) is 12.1 Å². The number of nitrogen functional groups attached to an aromatic ring is 2. The van der Waals surface area contributed by atoms with Crippen LogP contribution in [0.5, 0.6) is 0 Å². The summed E-state index contributed by atoms with van der Waals surface area (Å²) in [6.45, 7) is 6.23. The zero-order valence-electron chi connectivity index (χ0n) is 10.6. The summed E-state index contributed by atoms with van der Waals surface area (Å²) in [5.74, 6) is -1.01. The van der Waals surface area contributed by atoms with Gasteiger partial charge < -0.3 is 16.6 Å². The second-order valence-electron chi connectivity index (χ2n) is 4.97. The Balaban J connectivity index is 3.32. The van der Waals surface area contributed by atoms with Crippen LogP contribution >= 0.6 is 0 Å². The zero-order chi connectivity index (χ0) is 13.2. The molecule has 4 heteroatoms. The maximum Gasteiger partial charge on any atom is 0.335 e. The third kappa shape index (κ3) is 2.70. The molecular formula is C13H20N2O2. The van der Waals surface area contributed by atoms with Crippen molar-refractivity contribution in [3.8, 4) is 0 Å². The molecule has 1 aromatic rings. The van der Waals surface area contributed by atoms with Crippen LogP contribution in [0.2, 0.25) is 0 Å². The van der Waals surface area contributed by atoms with Crippen molar-refractivity contribution >= 4 is 17.3 Å². The van der Waals surface area contributed by atoms with Crippen LogP contribution in [0.25, 0.3) is 0 Å². The molecule has 0 amide bonds. The topological polar surface area (TPSA) is 89.3 Å². The molecular weight excluding hydrogens is 216 g/mol. The second kappa shape index (κ2) is 4.65. The Morgan fingerprint density at radius 3 is 2.12 bits per heavy atom. The predicted molar refractivity (Wildman–Crippen MR) is 70.2 cm³/mol. The van der Waals surface area contributed by atoms with E-state index >= 15 is 0 Å². The molecule has 1 aromatic carbocycles. The van der Waals surface area contributed by atoms with Gasteiger partial charge in [-0.05, 0) is 24.0 Å². The molecule has 1 rings (SSSR count). The fraction of sp³-hybridized carbons (Fsp3) is 0.462. The highest BCUT2D eigenvalue weighted by Crippen LogP contribution is 2.37. The minimum Gasteiger partial charge on any atom is -0.478 e.